The first kappa shape index (κ1) is 19.8. The second-order valence-corrected chi connectivity index (χ2v) is 6.31. The third-order valence-electron chi connectivity index (χ3n) is 3.96. The number of hydrogen-bond acceptors (Lipinski definition) is 4. The zero-order valence-corrected chi connectivity index (χ0v) is 15.8. The molecular formula is C20H27FN4O. The molecule has 0 fully saturated rings. The van der Waals surface area contributed by atoms with Crippen molar-refractivity contribution in [2.45, 2.75) is 40.0 Å². The van der Waals surface area contributed by atoms with Crippen molar-refractivity contribution in [3.8, 4) is 0 Å². The highest BCUT2D eigenvalue weighted by molar-refractivity contribution is 5.92. The Morgan fingerprint density at radius 3 is 2.38 bits per heavy atom. The second kappa shape index (κ2) is 9.85. The minimum absolute atomic E-state index is 0.0548. The molecule has 0 unspecified atom stereocenters. The lowest BCUT2D eigenvalue weighted by Gasteiger charge is -2.21. The first-order chi connectivity index (χ1) is 12.5. The molecule has 0 aliphatic rings. The topological polar surface area (TPSA) is 58.1 Å². The third kappa shape index (κ3) is 5.79. The molecule has 0 aliphatic heterocycles. The van der Waals surface area contributed by atoms with Crippen LogP contribution in [0.5, 0.6) is 0 Å². The Hall–Kier alpha value is -2.50. The van der Waals surface area contributed by atoms with Crippen LogP contribution < -0.4 is 5.32 Å². The van der Waals surface area contributed by atoms with Gasteiger partial charge in [-0.1, -0.05) is 26.0 Å². The van der Waals surface area contributed by atoms with E-state index < -0.39 is 0 Å². The Morgan fingerprint density at radius 2 is 1.77 bits per heavy atom. The lowest BCUT2D eigenvalue weighted by Crippen LogP contribution is -2.33. The lowest BCUT2D eigenvalue weighted by molar-refractivity contribution is 0.0749. The maximum Gasteiger partial charge on any atom is 0.272 e. The molecule has 1 heterocycles. The summed E-state index contributed by atoms with van der Waals surface area (Å²) in [4.78, 5) is 23.3. The number of aryl methyl sites for hydroxylation is 1. The number of carbonyl (C=O) groups excluding carboxylic acids is 1. The van der Waals surface area contributed by atoms with Crippen LogP contribution in [0.4, 0.5) is 10.3 Å². The molecule has 2 aromatic rings. The van der Waals surface area contributed by atoms with Crippen molar-refractivity contribution in [3.63, 3.8) is 0 Å². The summed E-state index contributed by atoms with van der Waals surface area (Å²) in [5.41, 5.74) is 2.20. The zero-order valence-electron chi connectivity index (χ0n) is 15.8. The molecule has 1 N–H and O–H groups in total. The van der Waals surface area contributed by atoms with Crippen LogP contribution in [0.25, 0.3) is 0 Å². The van der Waals surface area contributed by atoms with E-state index in [0.29, 0.717) is 18.2 Å². The maximum atomic E-state index is 12.9. The van der Waals surface area contributed by atoms with E-state index in [2.05, 4.69) is 29.1 Å². The fourth-order valence-electron chi connectivity index (χ4n) is 2.74. The maximum absolute atomic E-state index is 12.9. The average molecular weight is 358 g/mol. The highest BCUT2D eigenvalue weighted by atomic mass is 19.1. The van der Waals surface area contributed by atoms with Crippen LogP contribution in [0.15, 0.2) is 30.3 Å². The van der Waals surface area contributed by atoms with Crippen molar-refractivity contribution in [2.75, 3.05) is 25.0 Å². The molecule has 5 nitrogen and oxygen atoms in total. The van der Waals surface area contributed by atoms with Gasteiger partial charge in [0, 0.05) is 25.3 Å². The standard InChI is InChI=1S/C20H27FN4O/c1-4-12-25(13-5-2)19(26)18-14-15(3)23-20(24-18)22-11-10-16-6-8-17(21)9-7-16/h6-9,14H,4-5,10-13H2,1-3H3,(H,22,23,24). The second-order valence-electron chi connectivity index (χ2n) is 6.31. The summed E-state index contributed by atoms with van der Waals surface area (Å²) in [6.07, 6.45) is 2.55. The molecule has 140 valence electrons. The minimum atomic E-state index is -0.240. The normalized spacial score (nSPS) is 10.6. The molecular weight excluding hydrogens is 331 g/mol. The van der Waals surface area contributed by atoms with Gasteiger partial charge in [-0.3, -0.25) is 4.79 Å². The SMILES string of the molecule is CCCN(CCC)C(=O)c1cc(C)nc(NCCc2ccc(F)cc2)n1. The Balaban J connectivity index is 2.03. The van der Waals surface area contributed by atoms with Crippen LogP contribution in [-0.4, -0.2) is 40.4 Å². The molecule has 26 heavy (non-hydrogen) atoms. The number of rotatable bonds is 9. The Bertz CT molecular complexity index is 712. The fourth-order valence-corrected chi connectivity index (χ4v) is 2.74. The van der Waals surface area contributed by atoms with Crippen molar-refractivity contribution in [3.05, 3.63) is 53.1 Å². The van der Waals surface area contributed by atoms with E-state index in [4.69, 9.17) is 0 Å². The van der Waals surface area contributed by atoms with E-state index >= 15 is 0 Å². The van der Waals surface area contributed by atoms with Crippen molar-refractivity contribution in [1.82, 2.24) is 14.9 Å². The van der Waals surface area contributed by atoms with Gasteiger partial charge in [0.15, 0.2) is 0 Å². The first-order valence-electron chi connectivity index (χ1n) is 9.16. The van der Waals surface area contributed by atoms with Gasteiger partial charge in [0.25, 0.3) is 5.91 Å². The van der Waals surface area contributed by atoms with Gasteiger partial charge in [0.1, 0.15) is 11.5 Å². The van der Waals surface area contributed by atoms with Gasteiger partial charge in [-0.2, -0.15) is 0 Å². The minimum Gasteiger partial charge on any atom is -0.354 e. The van der Waals surface area contributed by atoms with Crippen molar-refractivity contribution >= 4 is 11.9 Å². The predicted octanol–water partition coefficient (Wildman–Crippen LogP) is 3.84. The Labute approximate surface area is 154 Å². The summed E-state index contributed by atoms with van der Waals surface area (Å²) in [5.74, 6) is 0.153. The molecule has 0 aliphatic carbocycles. The van der Waals surface area contributed by atoms with Crippen molar-refractivity contribution in [1.29, 1.82) is 0 Å². The number of benzene rings is 1. The van der Waals surface area contributed by atoms with E-state index in [0.717, 1.165) is 43.6 Å². The van der Waals surface area contributed by atoms with E-state index in [1.165, 1.54) is 12.1 Å². The summed E-state index contributed by atoms with van der Waals surface area (Å²) in [6.45, 7) is 8.03. The number of amides is 1. The quantitative estimate of drug-likeness (QED) is 0.740. The molecule has 1 aromatic carbocycles. The van der Waals surface area contributed by atoms with Gasteiger partial charge in [-0.15, -0.1) is 0 Å². The molecule has 2 rings (SSSR count). The monoisotopic (exact) mass is 358 g/mol. The van der Waals surface area contributed by atoms with Crippen LogP contribution in [0.2, 0.25) is 0 Å². The van der Waals surface area contributed by atoms with Crippen LogP contribution in [0.1, 0.15) is 48.4 Å². The molecule has 6 heteroatoms. The number of nitrogens with zero attached hydrogens (tertiary/aromatic N) is 3. The van der Waals surface area contributed by atoms with Gasteiger partial charge in [-0.25, -0.2) is 14.4 Å². The van der Waals surface area contributed by atoms with Gasteiger partial charge >= 0.3 is 0 Å². The Morgan fingerprint density at radius 1 is 1.12 bits per heavy atom. The molecule has 1 amide bonds. The number of halogens is 1. The molecule has 0 saturated carbocycles. The van der Waals surface area contributed by atoms with Crippen LogP contribution in [-0.2, 0) is 6.42 Å². The smallest absolute Gasteiger partial charge is 0.272 e. The first-order valence-corrected chi connectivity index (χ1v) is 9.16. The van der Waals surface area contributed by atoms with E-state index in [-0.39, 0.29) is 11.7 Å². The fraction of sp³-hybridized carbons (Fsp3) is 0.450. The third-order valence-corrected chi connectivity index (χ3v) is 3.96. The largest absolute Gasteiger partial charge is 0.354 e. The summed E-state index contributed by atoms with van der Waals surface area (Å²) >= 11 is 0. The Kier molecular flexibility index (Phi) is 7.51. The van der Waals surface area contributed by atoms with Gasteiger partial charge in [-0.05, 0) is 49.9 Å². The molecule has 0 atom stereocenters. The van der Waals surface area contributed by atoms with Crippen molar-refractivity contribution in [2.24, 2.45) is 0 Å². The molecule has 0 radical (unpaired) electrons. The zero-order chi connectivity index (χ0) is 18.9. The van der Waals surface area contributed by atoms with Crippen LogP contribution in [0.3, 0.4) is 0 Å². The number of carbonyl (C=O) groups is 1. The highest BCUT2D eigenvalue weighted by Crippen LogP contribution is 2.10. The van der Waals surface area contributed by atoms with E-state index in [9.17, 15) is 9.18 Å². The number of nitrogens with one attached hydrogen (secondary N) is 1. The molecule has 1 aromatic heterocycles. The number of anilines is 1. The number of aromatic nitrogens is 2. The van der Waals surface area contributed by atoms with Gasteiger partial charge in [0.05, 0.1) is 0 Å². The van der Waals surface area contributed by atoms with Crippen molar-refractivity contribution < 1.29 is 9.18 Å². The van der Waals surface area contributed by atoms with E-state index in [1.807, 2.05) is 11.8 Å². The average Bonchev–Trinajstić information content (AvgIpc) is 2.62. The predicted molar refractivity (Wildman–Crippen MR) is 102 cm³/mol. The number of hydrogen-bond donors (Lipinski definition) is 1. The molecule has 0 saturated heterocycles. The lowest BCUT2D eigenvalue weighted by atomic mass is 10.1. The summed E-state index contributed by atoms with van der Waals surface area (Å²) in [5, 5.41) is 3.16. The van der Waals surface area contributed by atoms with Gasteiger partial charge in [0.2, 0.25) is 5.95 Å². The molecule has 0 spiro atoms. The summed E-state index contributed by atoms with van der Waals surface area (Å²) in [7, 11) is 0. The summed E-state index contributed by atoms with van der Waals surface area (Å²) < 4.78 is 12.9. The van der Waals surface area contributed by atoms with Crippen LogP contribution >= 0.6 is 0 Å². The van der Waals surface area contributed by atoms with Crippen LogP contribution in [0, 0.1) is 12.7 Å². The van der Waals surface area contributed by atoms with E-state index in [1.54, 1.807) is 18.2 Å². The summed E-state index contributed by atoms with van der Waals surface area (Å²) in [6, 6.07) is 8.15. The molecule has 0 bridgehead atoms. The van der Waals surface area contributed by atoms with Gasteiger partial charge < -0.3 is 10.2 Å². The highest BCUT2D eigenvalue weighted by Gasteiger charge is 2.17.